The van der Waals surface area contributed by atoms with Crippen LogP contribution in [-0.4, -0.2) is 48.6 Å². The standard InChI is InChI=1S/C10H18N2O3/c1-3-4-5-9(11-2)8-12(6-7-13)10(14)15/h4-5,7,9,11H,3,6,8H2,1-2H3,(H,14,15)/b5-4+. The van der Waals surface area contributed by atoms with E-state index in [1.54, 1.807) is 7.05 Å². The summed E-state index contributed by atoms with van der Waals surface area (Å²) in [6.45, 7) is 2.19. The van der Waals surface area contributed by atoms with Gasteiger partial charge in [0.1, 0.15) is 6.29 Å². The number of rotatable bonds is 7. The predicted molar refractivity (Wildman–Crippen MR) is 57.9 cm³/mol. The molecular weight excluding hydrogens is 196 g/mol. The van der Waals surface area contributed by atoms with Gasteiger partial charge >= 0.3 is 6.09 Å². The number of carboxylic acid groups (broad SMARTS) is 1. The molecule has 0 aliphatic carbocycles. The van der Waals surface area contributed by atoms with Gasteiger partial charge in [0.2, 0.25) is 0 Å². The molecule has 0 rings (SSSR count). The second kappa shape index (κ2) is 7.99. The van der Waals surface area contributed by atoms with Gasteiger partial charge in [0.15, 0.2) is 0 Å². The van der Waals surface area contributed by atoms with Crippen LogP contribution in [0.4, 0.5) is 4.79 Å². The molecule has 86 valence electrons. The van der Waals surface area contributed by atoms with Gasteiger partial charge in [-0.05, 0) is 13.5 Å². The molecule has 5 nitrogen and oxygen atoms in total. The Morgan fingerprint density at radius 3 is 2.67 bits per heavy atom. The first-order valence-electron chi connectivity index (χ1n) is 4.91. The Kier molecular flexibility index (Phi) is 7.27. The predicted octanol–water partition coefficient (Wildman–Crippen LogP) is 0.720. The molecule has 0 aliphatic rings. The number of amides is 1. The molecule has 0 spiro atoms. The van der Waals surface area contributed by atoms with Crippen molar-refractivity contribution >= 4 is 12.4 Å². The summed E-state index contributed by atoms with van der Waals surface area (Å²) in [4.78, 5) is 22.1. The number of hydrogen-bond donors (Lipinski definition) is 2. The largest absolute Gasteiger partial charge is 0.465 e. The Hall–Kier alpha value is -1.36. The van der Waals surface area contributed by atoms with Gasteiger partial charge < -0.3 is 15.2 Å². The first-order chi connectivity index (χ1) is 7.15. The number of nitrogens with one attached hydrogen (secondary N) is 1. The Bertz CT molecular complexity index is 229. The molecule has 0 fully saturated rings. The first kappa shape index (κ1) is 13.6. The maximum absolute atomic E-state index is 10.7. The summed E-state index contributed by atoms with van der Waals surface area (Å²) in [5.74, 6) is 0. The van der Waals surface area contributed by atoms with Crippen molar-refractivity contribution in [2.75, 3.05) is 20.1 Å². The lowest BCUT2D eigenvalue weighted by Crippen LogP contribution is -2.41. The molecule has 15 heavy (non-hydrogen) atoms. The van der Waals surface area contributed by atoms with Crippen molar-refractivity contribution in [3.8, 4) is 0 Å². The molecule has 5 heteroatoms. The van der Waals surface area contributed by atoms with Gasteiger partial charge in [0.05, 0.1) is 6.54 Å². The van der Waals surface area contributed by atoms with E-state index in [0.29, 0.717) is 6.29 Å². The molecule has 0 bridgehead atoms. The molecule has 0 saturated heterocycles. The van der Waals surface area contributed by atoms with Crippen LogP contribution < -0.4 is 5.32 Å². The average molecular weight is 214 g/mol. The quantitative estimate of drug-likeness (QED) is 0.484. The third kappa shape index (κ3) is 5.85. The van der Waals surface area contributed by atoms with Crippen molar-refractivity contribution in [1.29, 1.82) is 0 Å². The Morgan fingerprint density at radius 2 is 2.27 bits per heavy atom. The fourth-order valence-electron chi connectivity index (χ4n) is 1.11. The fraction of sp³-hybridized carbons (Fsp3) is 0.600. The van der Waals surface area contributed by atoms with Crippen molar-refractivity contribution in [1.82, 2.24) is 10.2 Å². The minimum Gasteiger partial charge on any atom is -0.465 e. The highest BCUT2D eigenvalue weighted by atomic mass is 16.4. The zero-order chi connectivity index (χ0) is 11.7. The first-order valence-corrected chi connectivity index (χ1v) is 4.91. The minimum atomic E-state index is -1.08. The lowest BCUT2D eigenvalue weighted by Gasteiger charge is -2.21. The molecule has 0 saturated carbocycles. The summed E-state index contributed by atoms with van der Waals surface area (Å²) < 4.78 is 0. The lowest BCUT2D eigenvalue weighted by molar-refractivity contribution is -0.108. The van der Waals surface area contributed by atoms with E-state index in [1.807, 2.05) is 19.1 Å². The highest BCUT2D eigenvalue weighted by molar-refractivity contribution is 5.69. The Morgan fingerprint density at radius 1 is 1.60 bits per heavy atom. The molecule has 0 heterocycles. The van der Waals surface area contributed by atoms with E-state index in [-0.39, 0.29) is 19.1 Å². The van der Waals surface area contributed by atoms with Crippen LogP contribution in [0.15, 0.2) is 12.2 Å². The number of allylic oxidation sites excluding steroid dienone is 1. The topological polar surface area (TPSA) is 69.6 Å². The van der Waals surface area contributed by atoms with E-state index in [9.17, 15) is 9.59 Å². The van der Waals surface area contributed by atoms with Crippen LogP contribution in [0.5, 0.6) is 0 Å². The zero-order valence-electron chi connectivity index (χ0n) is 9.14. The van der Waals surface area contributed by atoms with Crippen LogP contribution in [-0.2, 0) is 4.79 Å². The molecule has 2 N–H and O–H groups in total. The van der Waals surface area contributed by atoms with Crippen LogP contribution in [0.3, 0.4) is 0 Å². The fourth-order valence-corrected chi connectivity index (χ4v) is 1.11. The van der Waals surface area contributed by atoms with Crippen molar-refractivity contribution in [3.05, 3.63) is 12.2 Å². The van der Waals surface area contributed by atoms with Crippen molar-refractivity contribution < 1.29 is 14.7 Å². The maximum atomic E-state index is 10.7. The van der Waals surface area contributed by atoms with Crippen LogP contribution >= 0.6 is 0 Å². The monoisotopic (exact) mass is 214 g/mol. The van der Waals surface area contributed by atoms with Gasteiger partial charge in [-0.3, -0.25) is 4.90 Å². The van der Waals surface area contributed by atoms with Gasteiger partial charge in [0, 0.05) is 12.6 Å². The number of nitrogens with zero attached hydrogens (tertiary/aromatic N) is 1. The summed E-state index contributed by atoms with van der Waals surface area (Å²) >= 11 is 0. The summed E-state index contributed by atoms with van der Waals surface area (Å²) in [6.07, 6.45) is 4.28. The van der Waals surface area contributed by atoms with Crippen molar-refractivity contribution in [2.24, 2.45) is 0 Å². The summed E-state index contributed by atoms with van der Waals surface area (Å²) in [6, 6.07) is -0.0546. The minimum absolute atomic E-state index is 0.0546. The number of hydrogen-bond acceptors (Lipinski definition) is 3. The van der Waals surface area contributed by atoms with Gasteiger partial charge in [0.25, 0.3) is 0 Å². The second-order valence-electron chi connectivity index (χ2n) is 3.09. The molecule has 0 aromatic rings. The molecular formula is C10H18N2O3. The molecule has 0 aliphatic heterocycles. The Balaban J connectivity index is 4.27. The van der Waals surface area contributed by atoms with E-state index in [4.69, 9.17) is 5.11 Å². The summed E-state index contributed by atoms with van der Waals surface area (Å²) in [7, 11) is 1.76. The van der Waals surface area contributed by atoms with Crippen LogP contribution in [0.1, 0.15) is 13.3 Å². The third-order valence-electron chi connectivity index (χ3n) is 1.96. The van der Waals surface area contributed by atoms with Gasteiger partial charge in [-0.1, -0.05) is 19.1 Å². The Labute approximate surface area is 89.8 Å². The van der Waals surface area contributed by atoms with E-state index < -0.39 is 6.09 Å². The molecule has 0 radical (unpaired) electrons. The highest BCUT2D eigenvalue weighted by Crippen LogP contribution is 1.95. The lowest BCUT2D eigenvalue weighted by atomic mass is 10.2. The number of carbonyl (C=O) groups is 2. The van der Waals surface area contributed by atoms with E-state index in [0.717, 1.165) is 11.3 Å². The van der Waals surface area contributed by atoms with Crippen LogP contribution in [0.2, 0.25) is 0 Å². The van der Waals surface area contributed by atoms with Crippen LogP contribution in [0.25, 0.3) is 0 Å². The van der Waals surface area contributed by atoms with Crippen molar-refractivity contribution in [2.45, 2.75) is 19.4 Å². The number of aldehydes is 1. The van der Waals surface area contributed by atoms with Gasteiger partial charge in [-0.25, -0.2) is 4.79 Å². The zero-order valence-corrected chi connectivity index (χ0v) is 9.14. The number of carbonyl (C=O) groups excluding carboxylic acids is 1. The average Bonchev–Trinajstić information content (AvgIpc) is 2.22. The smallest absolute Gasteiger partial charge is 0.407 e. The summed E-state index contributed by atoms with van der Waals surface area (Å²) in [5.41, 5.74) is 0. The molecule has 1 atom stereocenters. The van der Waals surface area contributed by atoms with E-state index in [1.165, 1.54) is 0 Å². The SMILES string of the molecule is CC/C=C/C(CN(CC=O)C(=O)O)NC. The van der Waals surface area contributed by atoms with E-state index >= 15 is 0 Å². The van der Waals surface area contributed by atoms with Crippen LogP contribution in [0, 0.1) is 0 Å². The third-order valence-corrected chi connectivity index (χ3v) is 1.96. The molecule has 0 aromatic heterocycles. The van der Waals surface area contributed by atoms with Gasteiger partial charge in [-0.15, -0.1) is 0 Å². The molecule has 1 amide bonds. The number of likely N-dealkylation sites (N-methyl/N-ethyl adjacent to an activating group) is 1. The maximum Gasteiger partial charge on any atom is 0.407 e. The molecule has 0 aromatic carbocycles. The van der Waals surface area contributed by atoms with Gasteiger partial charge in [-0.2, -0.15) is 0 Å². The highest BCUT2D eigenvalue weighted by Gasteiger charge is 2.14. The normalized spacial score (nSPS) is 12.7. The summed E-state index contributed by atoms with van der Waals surface area (Å²) in [5, 5.41) is 11.8. The second-order valence-corrected chi connectivity index (χ2v) is 3.09. The molecule has 1 unspecified atom stereocenters. The van der Waals surface area contributed by atoms with Crippen molar-refractivity contribution in [3.63, 3.8) is 0 Å². The van der Waals surface area contributed by atoms with E-state index in [2.05, 4.69) is 5.32 Å².